The summed E-state index contributed by atoms with van der Waals surface area (Å²) in [6.45, 7) is 2.74. The second kappa shape index (κ2) is 5.32. The van der Waals surface area contributed by atoms with Gasteiger partial charge in [0.15, 0.2) is 0 Å². The number of fused-ring (bicyclic) bond motifs is 1. The van der Waals surface area contributed by atoms with Crippen LogP contribution in [0, 0.1) is 0 Å². The summed E-state index contributed by atoms with van der Waals surface area (Å²) in [4.78, 5) is 0. The SMILES string of the molecule is CC(O)(Cc1ccc(Br)cc1)C1NCc2ccccc21. The Labute approximate surface area is 128 Å². The van der Waals surface area contributed by atoms with Gasteiger partial charge < -0.3 is 10.4 Å². The van der Waals surface area contributed by atoms with Crippen molar-refractivity contribution in [3.8, 4) is 0 Å². The molecule has 2 aromatic carbocycles. The molecular formula is C17H18BrNO. The van der Waals surface area contributed by atoms with E-state index in [4.69, 9.17) is 0 Å². The van der Waals surface area contributed by atoms with E-state index < -0.39 is 5.60 Å². The van der Waals surface area contributed by atoms with Crippen LogP contribution in [0.25, 0.3) is 0 Å². The van der Waals surface area contributed by atoms with Crippen LogP contribution >= 0.6 is 15.9 Å². The van der Waals surface area contributed by atoms with Crippen LogP contribution in [0.5, 0.6) is 0 Å². The zero-order chi connectivity index (χ0) is 14.2. The van der Waals surface area contributed by atoms with E-state index in [-0.39, 0.29) is 6.04 Å². The van der Waals surface area contributed by atoms with E-state index in [9.17, 15) is 5.11 Å². The summed E-state index contributed by atoms with van der Waals surface area (Å²) in [5.41, 5.74) is 2.84. The largest absolute Gasteiger partial charge is 0.388 e. The number of halogens is 1. The number of rotatable bonds is 3. The Balaban J connectivity index is 1.84. The van der Waals surface area contributed by atoms with Crippen LogP contribution in [0.1, 0.15) is 29.7 Å². The average Bonchev–Trinajstić information content (AvgIpc) is 2.86. The molecule has 0 bridgehead atoms. The van der Waals surface area contributed by atoms with E-state index in [1.807, 2.05) is 31.2 Å². The van der Waals surface area contributed by atoms with Crippen LogP contribution in [0.4, 0.5) is 0 Å². The smallest absolute Gasteiger partial charge is 0.0853 e. The topological polar surface area (TPSA) is 32.3 Å². The molecule has 3 heteroatoms. The van der Waals surface area contributed by atoms with Gasteiger partial charge in [-0.15, -0.1) is 0 Å². The first kappa shape index (κ1) is 13.8. The number of nitrogens with one attached hydrogen (secondary N) is 1. The average molecular weight is 332 g/mol. The molecule has 0 spiro atoms. The van der Waals surface area contributed by atoms with Gasteiger partial charge >= 0.3 is 0 Å². The van der Waals surface area contributed by atoms with Gasteiger partial charge in [0, 0.05) is 17.4 Å². The van der Waals surface area contributed by atoms with Gasteiger partial charge in [0.25, 0.3) is 0 Å². The van der Waals surface area contributed by atoms with Crippen molar-refractivity contribution in [2.75, 3.05) is 0 Å². The Hall–Kier alpha value is -1.16. The highest BCUT2D eigenvalue weighted by molar-refractivity contribution is 9.10. The van der Waals surface area contributed by atoms with Gasteiger partial charge in [-0.05, 0) is 35.7 Å². The summed E-state index contributed by atoms with van der Waals surface area (Å²) < 4.78 is 1.06. The van der Waals surface area contributed by atoms with Crippen molar-refractivity contribution < 1.29 is 5.11 Å². The van der Waals surface area contributed by atoms with E-state index in [0.717, 1.165) is 16.6 Å². The second-order valence-electron chi connectivity index (χ2n) is 5.67. The lowest BCUT2D eigenvalue weighted by molar-refractivity contribution is 0.0223. The van der Waals surface area contributed by atoms with Crippen molar-refractivity contribution in [1.29, 1.82) is 0 Å². The van der Waals surface area contributed by atoms with E-state index in [1.54, 1.807) is 0 Å². The first-order valence-corrected chi connectivity index (χ1v) is 7.63. The lowest BCUT2D eigenvalue weighted by atomic mass is 9.85. The predicted octanol–water partition coefficient (Wildman–Crippen LogP) is 3.59. The third-order valence-corrected chi connectivity index (χ3v) is 4.49. The van der Waals surface area contributed by atoms with Crippen LogP contribution in [-0.4, -0.2) is 10.7 Å². The minimum absolute atomic E-state index is 0.0117. The molecule has 3 rings (SSSR count). The maximum atomic E-state index is 10.9. The maximum absolute atomic E-state index is 10.9. The highest BCUT2D eigenvalue weighted by atomic mass is 79.9. The minimum Gasteiger partial charge on any atom is -0.388 e. The molecule has 0 amide bonds. The van der Waals surface area contributed by atoms with Crippen molar-refractivity contribution in [3.05, 3.63) is 69.7 Å². The Kier molecular flexibility index (Phi) is 3.67. The monoisotopic (exact) mass is 331 g/mol. The van der Waals surface area contributed by atoms with E-state index >= 15 is 0 Å². The molecule has 0 saturated carbocycles. The summed E-state index contributed by atoms with van der Waals surface area (Å²) in [5.74, 6) is 0. The fourth-order valence-electron chi connectivity index (χ4n) is 2.97. The molecule has 0 aromatic heterocycles. The molecule has 0 fully saturated rings. The van der Waals surface area contributed by atoms with E-state index in [2.05, 4.69) is 45.5 Å². The quantitative estimate of drug-likeness (QED) is 0.900. The fraction of sp³-hybridized carbons (Fsp3) is 0.294. The molecule has 0 saturated heterocycles. The highest BCUT2D eigenvalue weighted by Crippen LogP contribution is 2.35. The molecule has 1 heterocycles. The molecular weight excluding hydrogens is 314 g/mol. The third kappa shape index (κ3) is 2.66. The summed E-state index contributed by atoms with van der Waals surface area (Å²) in [6.07, 6.45) is 0.631. The van der Waals surface area contributed by atoms with Gasteiger partial charge in [-0.3, -0.25) is 0 Å². The molecule has 1 aliphatic rings. The van der Waals surface area contributed by atoms with Crippen LogP contribution < -0.4 is 5.32 Å². The first-order valence-electron chi connectivity index (χ1n) is 6.84. The molecule has 1 aliphatic heterocycles. The van der Waals surface area contributed by atoms with Crippen LogP contribution in [0.2, 0.25) is 0 Å². The predicted molar refractivity (Wildman–Crippen MR) is 84.5 cm³/mol. The van der Waals surface area contributed by atoms with Gasteiger partial charge in [0.1, 0.15) is 0 Å². The molecule has 2 unspecified atom stereocenters. The fourth-order valence-corrected chi connectivity index (χ4v) is 3.24. The van der Waals surface area contributed by atoms with Crippen molar-refractivity contribution in [2.45, 2.75) is 31.5 Å². The summed E-state index contributed by atoms with van der Waals surface area (Å²) in [6, 6.07) is 16.4. The van der Waals surface area contributed by atoms with Gasteiger partial charge in [0.2, 0.25) is 0 Å². The lowest BCUT2D eigenvalue weighted by Gasteiger charge is -2.31. The zero-order valence-corrected chi connectivity index (χ0v) is 13.0. The number of hydrogen-bond acceptors (Lipinski definition) is 2. The van der Waals surface area contributed by atoms with Crippen molar-refractivity contribution in [2.24, 2.45) is 0 Å². The summed E-state index contributed by atoms with van der Waals surface area (Å²) >= 11 is 3.44. The molecule has 0 aliphatic carbocycles. The number of benzene rings is 2. The number of aliphatic hydroxyl groups is 1. The molecule has 20 heavy (non-hydrogen) atoms. The van der Waals surface area contributed by atoms with Crippen LogP contribution in [-0.2, 0) is 13.0 Å². The third-order valence-electron chi connectivity index (χ3n) is 3.96. The molecule has 2 nitrogen and oxygen atoms in total. The Morgan fingerprint density at radius 2 is 1.90 bits per heavy atom. The summed E-state index contributed by atoms with van der Waals surface area (Å²) in [7, 11) is 0. The molecule has 2 atom stereocenters. The standard InChI is InChI=1S/C17H18BrNO/c1-17(20,10-12-6-8-14(18)9-7-12)16-15-5-3-2-4-13(15)11-19-16/h2-9,16,19-20H,10-11H2,1H3. The van der Waals surface area contributed by atoms with Crippen LogP contribution in [0.15, 0.2) is 53.0 Å². The molecule has 104 valence electrons. The van der Waals surface area contributed by atoms with Gasteiger partial charge in [0.05, 0.1) is 11.6 Å². The van der Waals surface area contributed by atoms with Crippen LogP contribution in [0.3, 0.4) is 0 Å². The molecule has 2 aromatic rings. The Morgan fingerprint density at radius 1 is 1.20 bits per heavy atom. The molecule has 0 radical (unpaired) electrons. The normalized spacial score (nSPS) is 20.4. The van der Waals surface area contributed by atoms with Crippen molar-refractivity contribution >= 4 is 15.9 Å². The minimum atomic E-state index is -0.805. The Bertz CT molecular complexity index is 607. The van der Waals surface area contributed by atoms with E-state index in [1.165, 1.54) is 11.1 Å². The summed E-state index contributed by atoms with van der Waals surface area (Å²) in [5, 5.41) is 14.3. The van der Waals surface area contributed by atoms with E-state index in [0.29, 0.717) is 6.42 Å². The first-order chi connectivity index (χ1) is 9.56. The Morgan fingerprint density at radius 3 is 2.65 bits per heavy atom. The van der Waals surface area contributed by atoms with Crippen molar-refractivity contribution in [3.63, 3.8) is 0 Å². The molecule has 2 N–H and O–H groups in total. The van der Waals surface area contributed by atoms with Gasteiger partial charge in [-0.2, -0.15) is 0 Å². The zero-order valence-electron chi connectivity index (χ0n) is 11.4. The number of hydrogen-bond donors (Lipinski definition) is 2. The van der Waals surface area contributed by atoms with Gasteiger partial charge in [-0.1, -0.05) is 52.3 Å². The van der Waals surface area contributed by atoms with Gasteiger partial charge in [-0.25, -0.2) is 0 Å². The second-order valence-corrected chi connectivity index (χ2v) is 6.59. The maximum Gasteiger partial charge on any atom is 0.0853 e. The highest BCUT2D eigenvalue weighted by Gasteiger charge is 2.37. The van der Waals surface area contributed by atoms with Crippen molar-refractivity contribution in [1.82, 2.24) is 5.32 Å². The lowest BCUT2D eigenvalue weighted by Crippen LogP contribution is -2.40.